The van der Waals surface area contributed by atoms with E-state index < -0.39 is 0 Å². The van der Waals surface area contributed by atoms with Crippen molar-refractivity contribution in [2.24, 2.45) is 16.5 Å². The average Bonchev–Trinajstić information content (AvgIpc) is 2.47. The molecule has 21 heavy (non-hydrogen) atoms. The average molecular weight is 406 g/mol. The van der Waals surface area contributed by atoms with Crippen LogP contribution in [0.1, 0.15) is 5.56 Å². The minimum absolute atomic E-state index is 0. The molecule has 1 fully saturated rings. The lowest BCUT2D eigenvalue weighted by Crippen LogP contribution is -2.38. The summed E-state index contributed by atoms with van der Waals surface area (Å²) in [5.41, 5.74) is 11.7. The fourth-order valence-electron chi connectivity index (χ4n) is 2.03. The minimum atomic E-state index is 0. The van der Waals surface area contributed by atoms with Crippen LogP contribution in [0.2, 0.25) is 0 Å². The highest BCUT2D eigenvalue weighted by Gasteiger charge is 2.09. The molecular formula is C14H23IN4O2. The second-order valence-electron chi connectivity index (χ2n) is 4.69. The number of hydrogen-bond donors (Lipinski definition) is 2. The normalized spacial score (nSPS) is 15.0. The Morgan fingerprint density at radius 2 is 2.05 bits per heavy atom. The van der Waals surface area contributed by atoms with Gasteiger partial charge in [-0.25, -0.2) is 4.99 Å². The molecule has 6 nitrogen and oxygen atoms in total. The van der Waals surface area contributed by atoms with E-state index in [1.54, 1.807) is 0 Å². The van der Waals surface area contributed by atoms with E-state index in [2.05, 4.69) is 9.89 Å². The van der Waals surface area contributed by atoms with Crippen molar-refractivity contribution in [3.63, 3.8) is 0 Å². The van der Waals surface area contributed by atoms with Crippen LogP contribution in [0.4, 0.5) is 0 Å². The summed E-state index contributed by atoms with van der Waals surface area (Å²) >= 11 is 0. The lowest BCUT2D eigenvalue weighted by molar-refractivity contribution is 0.0322. The smallest absolute Gasteiger partial charge is 0.186 e. The van der Waals surface area contributed by atoms with Crippen LogP contribution in [0, 0.1) is 0 Å². The largest absolute Gasteiger partial charge is 0.492 e. The van der Waals surface area contributed by atoms with Gasteiger partial charge in [0.1, 0.15) is 12.4 Å². The van der Waals surface area contributed by atoms with Crippen LogP contribution in [-0.4, -0.2) is 50.3 Å². The second-order valence-corrected chi connectivity index (χ2v) is 4.69. The molecule has 1 aromatic carbocycles. The maximum Gasteiger partial charge on any atom is 0.186 e. The van der Waals surface area contributed by atoms with Gasteiger partial charge < -0.3 is 20.9 Å². The van der Waals surface area contributed by atoms with Crippen LogP contribution in [0.5, 0.6) is 5.75 Å². The topological polar surface area (TPSA) is 86.1 Å². The Morgan fingerprint density at radius 1 is 1.29 bits per heavy atom. The van der Waals surface area contributed by atoms with Crippen molar-refractivity contribution in [3.05, 3.63) is 29.8 Å². The summed E-state index contributed by atoms with van der Waals surface area (Å²) in [5.74, 6) is 0.949. The van der Waals surface area contributed by atoms with Gasteiger partial charge in [-0.05, 0) is 17.7 Å². The molecule has 0 amide bonds. The summed E-state index contributed by atoms with van der Waals surface area (Å²) in [6, 6.07) is 7.83. The lowest BCUT2D eigenvalue weighted by atomic mass is 10.2. The first-order valence-corrected chi connectivity index (χ1v) is 6.81. The molecule has 1 heterocycles. The molecule has 1 aromatic rings. The Bertz CT molecular complexity index is 446. The van der Waals surface area contributed by atoms with Crippen molar-refractivity contribution in [3.8, 4) is 5.75 Å². The van der Waals surface area contributed by atoms with E-state index in [9.17, 15) is 0 Å². The number of morpholine rings is 1. The van der Waals surface area contributed by atoms with E-state index in [1.165, 1.54) is 0 Å². The van der Waals surface area contributed by atoms with Gasteiger partial charge in [0, 0.05) is 19.6 Å². The highest BCUT2D eigenvalue weighted by atomic mass is 127. The molecule has 0 aliphatic carbocycles. The molecule has 1 saturated heterocycles. The van der Waals surface area contributed by atoms with E-state index >= 15 is 0 Å². The third-order valence-corrected chi connectivity index (χ3v) is 3.12. The number of aliphatic imine (C=N–C) groups is 1. The second kappa shape index (κ2) is 9.80. The van der Waals surface area contributed by atoms with Gasteiger partial charge in [0.25, 0.3) is 0 Å². The van der Waals surface area contributed by atoms with Crippen LogP contribution in [-0.2, 0) is 11.3 Å². The zero-order valence-electron chi connectivity index (χ0n) is 12.0. The highest BCUT2D eigenvalue weighted by molar-refractivity contribution is 14.0. The SMILES string of the molecule is I.NC(N)=NCc1cccc(OCCN2CCOCC2)c1. The van der Waals surface area contributed by atoms with Crippen molar-refractivity contribution < 1.29 is 9.47 Å². The van der Waals surface area contributed by atoms with E-state index in [0.717, 1.165) is 44.2 Å². The van der Waals surface area contributed by atoms with Gasteiger partial charge >= 0.3 is 0 Å². The Labute approximate surface area is 142 Å². The number of halogens is 1. The van der Waals surface area contributed by atoms with Crippen molar-refractivity contribution in [2.75, 3.05) is 39.5 Å². The van der Waals surface area contributed by atoms with Gasteiger partial charge in [-0.2, -0.15) is 0 Å². The number of rotatable bonds is 6. The molecule has 0 atom stereocenters. The molecule has 0 bridgehead atoms. The molecule has 0 radical (unpaired) electrons. The van der Waals surface area contributed by atoms with Crippen LogP contribution < -0.4 is 16.2 Å². The number of nitrogens with two attached hydrogens (primary N) is 2. The Hall–Kier alpha value is -1.06. The van der Waals surface area contributed by atoms with Crippen molar-refractivity contribution in [1.29, 1.82) is 0 Å². The van der Waals surface area contributed by atoms with E-state index in [4.69, 9.17) is 20.9 Å². The zero-order chi connectivity index (χ0) is 14.2. The third kappa shape index (κ3) is 6.96. The van der Waals surface area contributed by atoms with E-state index in [0.29, 0.717) is 13.2 Å². The Balaban J connectivity index is 0.00000220. The molecule has 118 valence electrons. The molecule has 0 spiro atoms. The van der Waals surface area contributed by atoms with Gasteiger partial charge in [-0.15, -0.1) is 24.0 Å². The monoisotopic (exact) mass is 406 g/mol. The number of benzene rings is 1. The molecule has 0 unspecified atom stereocenters. The molecule has 4 N–H and O–H groups in total. The standard InChI is InChI=1S/C14H22N4O2.HI/c15-14(16)17-11-12-2-1-3-13(10-12)20-9-6-18-4-7-19-8-5-18;/h1-3,10H,4-9,11H2,(H4,15,16,17);1H. The summed E-state index contributed by atoms with van der Waals surface area (Å²) in [7, 11) is 0. The Morgan fingerprint density at radius 3 is 2.76 bits per heavy atom. The first kappa shape index (κ1) is 18.0. The maximum absolute atomic E-state index is 5.76. The van der Waals surface area contributed by atoms with Crippen LogP contribution in [0.25, 0.3) is 0 Å². The number of ether oxygens (including phenoxy) is 2. The van der Waals surface area contributed by atoms with Gasteiger partial charge in [-0.1, -0.05) is 12.1 Å². The molecular weight excluding hydrogens is 383 g/mol. The van der Waals surface area contributed by atoms with Gasteiger partial charge in [0.2, 0.25) is 0 Å². The van der Waals surface area contributed by atoms with Gasteiger partial charge in [0.15, 0.2) is 5.96 Å². The van der Waals surface area contributed by atoms with E-state index in [1.807, 2.05) is 24.3 Å². The van der Waals surface area contributed by atoms with Crippen LogP contribution in [0.3, 0.4) is 0 Å². The number of nitrogens with zero attached hydrogens (tertiary/aromatic N) is 2. The number of guanidine groups is 1. The fourth-order valence-corrected chi connectivity index (χ4v) is 2.03. The summed E-state index contributed by atoms with van der Waals surface area (Å²) in [5, 5.41) is 0. The van der Waals surface area contributed by atoms with Crippen molar-refractivity contribution in [1.82, 2.24) is 4.90 Å². The molecule has 1 aliphatic rings. The fraction of sp³-hybridized carbons (Fsp3) is 0.500. The third-order valence-electron chi connectivity index (χ3n) is 3.12. The first-order valence-electron chi connectivity index (χ1n) is 6.81. The molecule has 1 aliphatic heterocycles. The summed E-state index contributed by atoms with van der Waals surface area (Å²) in [6.07, 6.45) is 0. The van der Waals surface area contributed by atoms with Gasteiger partial charge in [-0.3, -0.25) is 4.90 Å². The van der Waals surface area contributed by atoms with E-state index in [-0.39, 0.29) is 29.9 Å². The van der Waals surface area contributed by atoms with Crippen LogP contribution in [0.15, 0.2) is 29.3 Å². The molecule has 0 aromatic heterocycles. The quantitative estimate of drug-likeness (QED) is 0.415. The maximum atomic E-state index is 5.76. The molecule has 7 heteroatoms. The Kier molecular flexibility index (Phi) is 8.40. The van der Waals surface area contributed by atoms with Crippen molar-refractivity contribution in [2.45, 2.75) is 6.54 Å². The first-order chi connectivity index (χ1) is 9.74. The predicted octanol–water partition coefficient (Wildman–Crippen LogP) is 0.789. The van der Waals surface area contributed by atoms with Crippen molar-refractivity contribution >= 4 is 29.9 Å². The van der Waals surface area contributed by atoms with Crippen LogP contribution >= 0.6 is 24.0 Å². The summed E-state index contributed by atoms with van der Waals surface area (Å²) in [4.78, 5) is 6.32. The predicted molar refractivity (Wildman–Crippen MR) is 94.1 cm³/mol. The summed E-state index contributed by atoms with van der Waals surface area (Å²) < 4.78 is 11.1. The lowest BCUT2D eigenvalue weighted by Gasteiger charge is -2.26. The minimum Gasteiger partial charge on any atom is -0.492 e. The number of hydrogen-bond acceptors (Lipinski definition) is 4. The molecule has 0 saturated carbocycles. The van der Waals surface area contributed by atoms with Gasteiger partial charge in [0.05, 0.1) is 19.8 Å². The summed E-state index contributed by atoms with van der Waals surface area (Å²) in [6.45, 7) is 5.65. The highest BCUT2D eigenvalue weighted by Crippen LogP contribution is 2.14. The zero-order valence-corrected chi connectivity index (χ0v) is 14.4. The molecule has 2 rings (SSSR count).